The van der Waals surface area contributed by atoms with Gasteiger partial charge in [0.1, 0.15) is 0 Å². The second-order valence-corrected chi connectivity index (χ2v) is 4.50. The average molecular weight is 206 g/mol. The molecule has 0 radical (unpaired) electrons. The Bertz CT molecular complexity index is 322. The van der Waals surface area contributed by atoms with E-state index in [1.165, 1.54) is 12.8 Å². The van der Waals surface area contributed by atoms with Crippen molar-refractivity contribution in [3.63, 3.8) is 0 Å². The highest BCUT2D eigenvalue weighted by Gasteiger charge is 2.24. The number of hydrogen-bond donors (Lipinski definition) is 1. The number of anilines is 2. The molecule has 2 atom stereocenters. The number of nitrogens with zero attached hydrogens (tertiary/aromatic N) is 3. The molecule has 1 aromatic rings. The molecule has 0 amide bonds. The second kappa shape index (κ2) is 4.04. The van der Waals surface area contributed by atoms with E-state index < -0.39 is 0 Å². The van der Waals surface area contributed by atoms with Crippen LogP contribution in [0.1, 0.15) is 26.7 Å². The molecule has 1 fully saturated rings. The number of nitrogen functional groups attached to an aromatic ring is 1. The molecule has 0 spiro atoms. The predicted molar refractivity (Wildman–Crippen MR) is 61.7 cm³/mol. The Morgan fingerprint density at radius 3 is 2.60 bits per heavy atom. The standard InChI is InChI=1S/C11H18N4/c1-8-3-4-9(2)15(7-8)11-13-5-10(12)6-14-11/h5-6,8-9H,3-4,7,12H2,1-2H3. The summed E-state index contributed by atoms with van der Waals surface area (Å²) in [5, 5.41) is 0. The normalized spacial score (nSPS) is 26.7. The van der Waals surface area contributed by atoms with Crippen LogP contribution in [0.3, 0.4) is 0 Å². The zero-order valence-electron chi connectivity index (χ0n) is 9.35. The van der Waals surface area contributed by atoms with Gasteiger partial charge in [0, 0.05) is 12.6 Å². The zero-order valence-corrected chi connectivity index (χ0v) is 9.35. The minimum absolute atomic E-state index is 0.532. The summed E-state index contributed by atoms with van der Waals surface area (Å²) < 4.78 is 0. The van der Waals surface area contributed by atoms with Gasteiger partial charge in [0.05, 0.1) is 18.1 Å². The second-order valence-electron chi connectivity index (χ2n) is 4.50. The van der Waals surface area contributed by atoms with Gasteiger partial charge in [-0.15, -0.1) is 0 Å². The van der Waals surface area contributed by atoms with Gasteiger partial charge in [-0.1, -0.05) is 6.92 Å². The Kier molecular flexibility index (Phi) is 2.75. The lowest BCUT2D eigenvalue weighted by Crippen LogP contribution is -2.42. The molecule has 4 heteroatoms. The Morgan fingerprint density at radius 1 is 1.27 bits per heavy atom. The summed E-state index contributed by atoms with van der Waals surface area (Å²) in [5.41, 5.74) is 6.20. The van der Waals surface area contributed by atoms with Crippen molar-refractivity contribution in [2.24, 2.45) is 5.92 Å². The molecule has 82 valence electrons. The molecule has 1 saturated heterocycles. The highest BCUT2D eigenvalue weighted by atomic mass is 15.3. The highest BCUT2D eigenvalue weighted by molar-refractivity contribution is 5.38. The third kappa shape index (κ3) is 2.19. The number of rotatable bonds is 1. The van der Waals surface area contributed by atoms with Crippen molar-refractivity contribution in [3.8, 4) is 0 Å². The van der Waals surface area contributed by atoms with Crippen molar-refractivity contribution in [1.82, 2.24) is 9.97 Å². The molecule has 0 bridgehead atoms. The lowest BCUT2D eigenvalue weighted by Gasteiger charge is -2.36. The van der Waals surface area contributed by atoms with E-state index >= 15 is 0 Å². The average Bonchev–Trinajstić information content (AvgIpc) is 2.23. The Labute approximate surface area is 90.5 Å². The fraction of sp³-hybridized carbons (Fsp3) is 0.636. The molecule has 1 aromatic heterocycles. The maximum absolute atomic E-state index is 5.57. The maximum atomic E-state index is 5.57. The smallest absolute Gasteiger partial charge is 0.225 e. The molecule has 2 unspecified atom stereocenters. The maximum Gasteiger partial charge on any atom is 0.225 e. The highest BCUT2D eigenvalue weighted by Crippen LogP contribution is 2.24. The SMILES string of the molecule is CC1CCC(C)N(c2ncc(N)cn2)C1. The number of nitrogens with two attached hydrogens (primary N) is 1. The van der Waals surface area contributed by atoms with E-state index in [0.29, 0.717) is 11.7 Å². The molecule has 15 heavy (non-hydrogen) atoms. The molecule has 4 nitrogen and oxygen atoms in total. The molecule has 1 aliphatic heterocycles. The van der Waals surface area contributed by atoms with Crippen LogP contribution in [0.15, 0.2) is 12.4 Å². The minimum atomic E-state index is 0.532. The van der Waals surface area contributed by atoms with Crippen molar-refractivity contribution in [3.05, 3.63) is 12.4 Å². The lowest BCUT2D eigenvalue weighted by atomic mass is 9.95. The minimum Gasteiger partial charge on any atom is -0.396 e. The van der Waals surface area contributed by atoms with Crippen molar-refractivity contribution < 1.29 is 0 Å². The van der Waals surface area contributed by atoms with Crippen LogP contribution >= 0.6 is 0 Å². The Balaban J connectivity index is 2.17. The van der Waals surface area contributed by atoms with E-state index in [4.69, 9.17) is 5.73 Å². The van der Waals surface area contributed by atoms with Gasteiger partial charge in [0.25, 0.3) is 0 Å². The summed E-state index contributed by atoms with van der Waals surface area (Å²) in [6, 6.07) is 0.532. The van der Waals surface area contributed by atoms with Gasteiger partial charge in [-0.25, -0.2) is 9.97 Å². The molecular formula is C11H18N4. The van der Waals surface area contributed by atoms with E-state index in [1.54, 1.807) is 12.4 Å². The third-order valence-corrected chi connectivity index (χ3v) is 3.03. The van der Waals surface area contributed by atoms with E-state index in [1.807, 2.05) is 0 Å². The predicted octanol–water partition coefficient (Wildman–Crippen LogP) is 1.68. The number of piperidine rings is 1. The van der Waals surface area contributed by atoms with E-state index in [-0.39, 0.29) is 0 Å². The van der Waals surface area contributed by atoms with Crippen molar-refractivity contribution in [1.29, 1.82) is 0 Å². The molecular weight excluding hydrogens is 188 g/mol. The molecule has 2 heterocycles. The number of aromatic nitrogens is 2. The molecule has 2 rings (SSSR count). The Morgan fingerprint density at radius 2 is 1.93 bits per heavy atom. The van der Waals surface area contributed by atoms with Crippen molar-refractivity contribution >= 4 is 11.6 Å². The van der Waals surface area contributed by atoms with Gasteiger partial charge in [0.15, 0.2) is 0 Å². The molecule has 1 aliphatic rings. The monoisotopic (exact) mass is 206 g/mol. The molecule has 0 aliphatic carbocycles. The van der Waals surface area contributed by atoms with Crippen molar-refractivity contribution in [2.75, 3.05) is 17.2 Å². The lowest BCUT2D eigenvalue weighted by molar-refractivity contribution is 0.385. The summed E-state index contributed by atoms with van der Waals surface area (Å²) >= 11 is 0. The van der Waals surface area contributed by atoms with Crippen LogP contribution in [0.25, 0.3) is 0 Å². The van der Waals surface area contributed by atoms with Gasteiger partial charge in [-0.3, -0.25) is 0 Å². The summed E-state index contributed by atoms with van der Waals surface area (Å²) in [4.78, 5) is 10.8. The van der Waals surface area contributed by atoms with Gasteiger partial charge >= 0.3 is 0 Å². The first-order valence-corrected chi connectivity index (χ1v) is 5.51. The fourth-order valence-electron chi connectivity index (χ4n) is 2.05. The van der Waals surface area contributed by atoms with Gasteiger partial charge in [0.2, 0.25) is 5.95 Å². The summed E-state index contributed by atoms with van der Waals surface area (Å²) in [6.45, 7) is 5.55. The third-order valence-electron chi connectivity index (χ3n) is 3.03. The number of hydrogen-bond acceptors (Lipinski definition) is 4. The van der Waals surface area contributed by atoms with Crippen LogP contribution in [-0.2, 0) is 0 Å². The van der Waals surface area contributed by atoms with Gasteiger partial charge in [-0.05, 0) is 25.7 Å². The molecule has 2 N–H and O–H groups in total. The van der Waals surface area contributed by atoms with E-state index in [9.17, 15) is 0 Å². The van der Waals surface area contributed by atoms with E-state index in [0.717, 1.165) is 18.4 Å². The van der Waals surface area contributed by atoms with Crippen LogP contribution in [0, 0.1) is 5.92 Å². The van der Waals surface area contributed by atoms with Crippen LogP contribution in [0.4, 0.5) is 11.6 Å². The van der Waals surface area contributed by atoms with Crippen LogP contribution in [0.5, 0.6) is 0 Å². The molecule has 0 saturated carbocycles. The zero-order chi connectivity index (χ0) is 10.8. The summed E-state index contributed by atoms with van der Waals surface area (Å²) in [6.07, 6.45) is 5.87. The van der Waals surface area contributed by atoms with Gasteiger partial charge < -0.3 is 10.6 Å². The summed E-state index contributed by atoms with van der Waals surface area (Å²) in [7, 11) is 0. The quantitative estimate of drug-likeness (QED) is 0.759. The van der Waals surface area contributed by atoms with Crippen molar-refractivity contribution in [2.45, 2.75) is 32.7 Å². The first kappa shape index (κ1) is 10.2. The van der Waals surface area contributed by atoms with Crippen LogP contribution in [0.2, 0.25) is 0 Å². The van der Waals surface area contributed by atoms with E-state index in [2.05, 4.69) is 28.7 Å². The van der Waals surface area contributed by atoms with Gasteiger partial charge in [-0.2, -0.15) is 0 Å². The fourth-order valence-corrected chi connectivity index (χ4v) is 2.05. The Hall–Kier alpha value is -1.32. The first-order valence-electron chi connectivity index (χ1n) is 5.51. The molecule has 0 aromatic carbocycles. The van der Waals surface area contributed by atoms with Crippen LogP contribution < -0.4 is 10.6 Å². The largest absolute Gasteiger partial charge is 0.396 e. The topological polar surface area (TPSA) is 55.0 Å². The summed E-state index contributed by atoms with van der Waals surface area (Å²) in [5.74, 6) is 1.53. The first-order chi connectivity index (χ1) is 7.16. The van der Waals surface area contributed by atoms with Crippen LogP contribution in [-0.4, -0.2) is 22.6 Å².